The maximum Gasteiger partial charge on any atom is 0.254 e. The Hall–Kier alpha value is -2.76. The molecule has 174 valence electrons. The molecule has 0 unspecified atom stereocenters. The number of rotatable bonds is 10. The number of halogens is 2. The molecule has 0 aliphatic carbocycles. The Morgan fingerprint density at radius 1 is 0.939 bits per heavy atom. The number of furan rings is 1. The van der Waals surface area contributed by atoms with Crippen LogP contribution in [0.1, 0.15) is 35.5 Å². The van der Waals surface area contributed by atoms with Crippen molar-refractivity contribution in [2.24, 2.45) is 5.92 Å². The largest absolute Gasteiger partial charge is 0.467 e. The van der Waals surface area contributed by atoms with Crippen molar-refractivity contribution < 1.29 is 14.0 Å². The van der Waals surface area contributed by atoms with Crippen molar-refractivity contribution >= 4 is 35.0 Å². The van der Waals surface area contributed by atoms with Gasteiger partial charge < -0.3 is 14.2 Å². The summed E-state index contributed by atoms with van der Waals surface area (Å²) in [4.78, 5) is 29.9. The second kappa shape index (κ2) is 11.9. The Morgan fingerprint density at radius 2 is 1.70 bits per heavy atom. The molecule has 3 rings (SSSR count). The number of benzene rings is 2. The molecule has 1 heterocycles. The lowest BCUT2D eigenvalue weighted by atomic mass is 10.1. The summed E-state index contributed by atoms with van der Waals surface area (Å²) in [6, 6.07) is 18.4. The number of hydrogen-bond donors (Lipinski definition) is 0. The van der Waals surface area contributed by atoms with Crippen molar-refractivity contribution in [1.82, 2.24) is 9.80 Å². The number of hydrogen-bond acceptors (Lipinski definition) is 3. The molecule has 1 aromatic heterocycles. The van der Waals surface area contributed by atoms with Gasteiger partial charge >= 0.3 is 0 Å². The zero-order valence-corrected chi connectivity index (χ0v) is 20.4. The quantitative estimate of drug-likeness (QED) is 0.355. The fourth-order valence-electron chi connectivity index (χ4n) is 3.53. The van der Waals surface area contributed by atoms with E-state index in [9.17, 15) is 9.59 Å². The third-order valence-corrected chi connectivity index (χ3v) is 5.90. The molecule has 2 amide bonds. The van der Waals surface area contributed by atoms with Crippen molar-refractivity contribution in [1.29, 1.82) is 0 Å². The van der Waals surface area contributed by atoms with E-state index in [-0.39, 0.29) is 24.3 Å². The summed E-state index contributed by atoms with van der Waals surface area (Å²) in [6.07, 6.45) is 2.30. The van der Waals surface area contributed by atoms with E-state index >= 15 is 0 Å². The van der Waals surface area contributed by atoms with Crippen LogP contribution in [0.4, 0.5) is 0 Å². The number of amides is 2. The minimum absolute atomic E-state index is 0.0350. The molecule has 0 radical (unpaired) electrons. The molecule has 2 aromatic carbocycles. The fourth-order valence-corrected chi connectivity index (χ4v) is 3.82. The monoisotopic (exact) mass is 486 g/mol. The van der Waals surface area contributed by atoms with Gasteiger partial charge in [-0.2, -0.15) is 0 Å². The Labute approximate surface area is 204 Å². The van der Waals surface area contributed by atoms with Crippen molar-refractivity contribution in [2.75, 3.05) is 19.6 Å². The molecule has 0 spiro atoms. The molecular formula is C26H28Cl2N2O3. The van der Waals surface area contributed by atoms with E-state index in [0.29, 0.717) is 47.4 Å². The highest BCUT2D eigenvalue weighted by Gasteiger charge is 2.24. The highest BCUT2D eigenvalue weighted by Crippen LogP contribution is 2.23. The molecule has 0 aliphatic rings. The van der Waals surface area contributed by atoms with Gasteiger partial charge in [0.1, 0.15) is 12.3 Å². The molecule has 7 heteroatoms. The Morgan fingerprint density at radius 3 is 2.33 bits per heavy atom. The molecule has 33 heavy (non-hydrogen) atoms. The average Bonchev–Trinajstić information content (AvgIpc) is 3.31. The zero-order valence-electron chi connectivity index (χ0n) is 18.8. The molecule has 0 atom stereocenters. The second-order valence-electron chi connectivity index (χ2n) is 8.34. The van der Waals surface area contributed by atoms with Crippen LogP contribution in [0.25, 0.3) is 0 Å². The zero-order chi connectivity index (χ0) is 23.8. The number of carbonyl (C=O) groups excluding carboxylic acids is 2. The van der Waals surface area contributed by atoms with Crippen LogP contribution >= 0.6 is 23.2 Å². The third-order valence-electron chi connectivity index (χ3n) is 5.16. The number of nitrogens with zero attached hydrogens (tertiary/aromatic N) is 2. The van der Waals surface area contributed by atoms with Gasteiger partial charge in [0.15, 0.2) is 0 Å². The van der Waals surface area contributed by atoms with E-state index in [4.69, 9.17) is 27.6 Å². The lowest BCUT2D eigenvalue weighted by Crippen LogP contribution is -2.44. The van der Waals surface area contributed by atoms with Crippen LogP contribution in [0, 0.1) is 5.92 Å². The lowest BCUT2D eigenvalue weighted by Gasteiger charge is -2.28. The van der Waals surface area contributed by atoms with Gasteiger partial charge in [0.25, 0.3) is 5.91 Å². The van der Waals surface area contributed by atoms with Crippen molar-refractivity contribution in [3.8, 4) is 0 Å². The first-order valence-corrected chi connectivity index (χ1v) is 11.7. The first-order valence-electron chi connectivity index (χ1n) is 10.9. The first kappa shape index (κ1) is 24.9. The summed E-state index contributed by atoms with van der Waals surface area (Å²) in [5.74, 6) is 0.489. The maximum absolute atomic E-state index is 13.4. The van der Waals surface area contributed by atoms with Gasteiger partial charge in [-0.3, -0.25) is 9.59 Å². The molecule has 3 aromatic rings. The van der Waals surface area contributed by atoms with E-state index in [1.807, 2.05) is 50.2 Å². The Balaban J connectivity index is 1.77. The summed E-state index contributed by atoms with van der Waals surface area (Å²) in [5, 5.41) is 0.686. The molecule has 0 fully saturated rings. The van der Waals surface area contributed by atoms with Gasteiger partial charge in [-0.15, -0.1) is 0 Å². The average molecular weight is 487 g/mol. The van der Waals surface area contributed by atoms with Gasteiger partial charge in [-0.05, 0) is 48.2 Å². The van der Waals surface area contributed by atoms with E-state index in [0.717, 1.165) is 5.56 Å². The Bertz CT molecular complexity index is 1050. The number of carbonyl (C=O) groups is 2. The van der Waals surface area contributed by atoms with Crippen molar-refractivity contribution in [3.63, 3.8) is 0 Å². The van der Waals surface area contributed by atoms with E-state index in [2.05, 4.69) is 0 Å². The molecule has 5 nitrogen and oxygen atoms in total. The second-order valence-corrected chi connectivity index (χ2v) is 9.15. The normalized spacial score (nSPS) is 10.9. The van der Waals surface area contributed by atoms with Crippen LogP contribution in [0.3, 0.4) is 0 Å². The minimum atomic E-state index is -0.253. The maximum atomic E-state index is 13.4. The highest BCUT2D eigenvalue weighted by molar-refractivity contribution is 6.42. The Kier molecular flexibility index (Phi) is 8.98. The van der Waals surface area contributed by atoms with Gasteiger partial charge in [-0.25, -0.2) is 0 Å². The third kappa shape index (κ3) is 7.37. The summed E-state index contributed by atoms with van der Waals surface area (Å²) < 4.78 is 5.48. The summed E-state index contributed by atoms with van der Waals surface area (Å²) in [7, 11) is 0. The molecular weight excluding hydrogens is 459 g/mol. The topological polar surface area (TPSA) is 53.8 Å². The van der Waals surface area contributed by atoms with E-state index in [1.165, 1.54) is 0 Å². The van der Waals surface area contributed by atoms with Crippen LogP contribution in [0.15, 0.2) is 71.3 Å². The summed E-state index contributed by atoms with van der Waals surface area (Å²) in [5.41, 5.74) is 1.54. The SMILES string of the molecule is CC(C)CN(CC(=O)N(CCc1ccccc1)Cc1ccco1)C(=O)c1ccc(Cl)c(Cl)c1. The molecule has 0 bridgehead atoms. The van der Waals surface area contributed by atoms with Crippen molar-refractivity contribution in [3.05, 3.63) is 93.9 Å². The van der Waals surface area contributed by atoms with E-state index in [1.54, 1.807) is 40.3 Å². The van der Waals surface area contributed by atoms with Gasteiger partial charge in [0.05, 0.1) is 22.9 Å². The molecule has 0 N–H and O–H groups in total. The van der Waals surface area contributed by atoms with E-state index < -0.39 is 0 Å². The van der Waals surface area contributed by atoms with Crippen molar-refractivity contribution in [2.45, 2.75) is 26.8 Å². The smallest absolute Gasteiger partial charge is 0.254 e. The van der Waals surface area contributed by atoms with Crippen LogP contribution in [-0.2, 0) is 17.8 Å². The lowest BCUT2D eigenvalue weighted by molar-refractivity contribution is -0.132. The van der Waals surface area contributed by atoms with Gasteiger partial charge in [0.2, 0.25) is 5.91 Å². The summed E-state index contributed by atoms with van der Waals surface area (Å²) in [6.45, 7) is 5.28. The van der Waals surface area contributed by atoms with Crippen LogP contribution < -0.4 is 0 Å². The predicted molar refractivity (Wildman–Crippen MR) is 131 cm³/mol. The van der Waals surface area contributed by atoms with Crippen LogP contribution in [0.5, 0.6) is 0 Å². The molecule has 0 aliphatic heterocycles. The molecule has 0 saturated heterocycles. The summed E-state index contributed by atoms with van der Waals surface area (Å²) >= 11 is 12.1. The van der Waals surface area contributed by atoms with Gasteiger partial charge in [0, 0.05) is 18.7 Å². The predicted octanol–water partition coefficient (Wildman–Crippen LogP) is 5.96. The highest BCUT2D eigenvalue weighted by atomic mass is 35.5. The first-order chi connectivity index (χ1) is 15.8. The standard InChI is InChI=1S/C26H28Cl2N2O3/c1-19(2)16-30(26(32)21-10-11-23(27)24(28)15-21)18-25(31)29(17-22-9-6-14-33-22)13-12-20-7-4-3-5-8-20/h3-11,14-15,19H,12-13,16-18H2,1-2H3. The van der Waals surface area contributed by atoms with Crippen LogP contribution in [-0.4, -0.2) is 41.2 Å². The fraction of sp³-hybridized carbons (Fsp3) is 0.308. The van der Waals surface area contributed by atoms with Gasteiger partial charge in [-0.1, -0.05) is 67.4 Å². The minimum Gasteiger partial charge on any atom is -0.467 e. The molecule has 0 saturated carbocycles. The van der Waals surface area contributed by atoms with Crippen LogP contribution in [0.2, 0.25) is 10.0 Å².